The normalized spacial score (nSPS) is 13.1. The van der Waals surface area contributed by atoms with Crippen LogP contribution in [0.15, 0.2) is 24.3 Å². The largest absolute Gasteiger partial charge is 0.340 e. The van der Waals surface area contributed by atoms with Crippen molar-refractivity contribution >= 4 is 15.2 Å². The molecule has 8 heteroatoms. The van der Waals surface area contributed by atoms with Crippen molar-refractivity contribution in [3.63, 3.8) is 0 Å². The van der Waals surface area contributed by atoms with Crippen LogP contribution in [0.4, 0.5) is 0 Å². The van der Waals surface area contributed by atoms with Gasteiger partial charge in [-0.25, -0.2) is 0 Å². The zero-order valence-electron chi connectivity index (χ0n) is 12.8. The Morgan fingerprint density at radius 3 is 1.77 bits per heavy atom. The molecule has 0 aliphatic heterocycles. The van der Waals surface area contributed by atoms with E-state index in [0.29, 0.717) is 18.8 Å². The van der Waals surface area contributed by atoms with Crippen molar-refractivity contribution in [3.05, 3.63) is 35.4 Å². The Labute approximate surface area is 130 Å². The van der Waals surface area contributed by atoms with E-state index in [4.69, 9.17) is 19.6 Å². The molecule has 0 aliphatic carbocycles. The molecule has 0 fully saturated rings. The lowest BCUT2D eigenvalue weighted by Crippen LogP contribution is -2.09. The zero-order valence-corrected chi connectivity index (χ0v) is 14.6. The lowest BCUT2D eigenvalue weighted by atomic mass is 10.0. The lowest BCUT2D eigenvalue weighted by Gasteiger charge is -2.19. The van der Waals surface area contributed by atoms with Crippen molar-refractivity contribution in [3.8, 4) is 0 Å². The number of rotatable bonds is 8. The van der Waals surface area contributed by atoms with Crippen molar-refractivity contribution in [1.82, 2.24) is 0 Å². The van der Waals surface area contributed by atoms with Gasteiger partial charge in [0.2, 0.25) is 0 Å². The Morgan fingerprint density at radius 2 is 1.36 bits per heavy atom. The Balaban J connectivity index is 2.59. The van der Waals surface area contributed by atoms with Crippen LogP contribution in [0.25, 0.3) is 0 Å². The fraction of sp³-hybridized carbons (Fsp3) is 0.571. The first kappa shape index (κ1) is 19.6. The lowest BCUT2D eigenvalue weighted by molar-refractivity contribution is 0.334. The average molecular weight is 350 g/mol. The van der Waals surface area contributed by atoms with Gasteiger partial charge in [-0.05, 0) is 42.7 Å². The number of aryl methyl sites for hydroxylation is 1. The second-order valence-corrected chi connectivity index (χ2v) is 9.98. The van der Waals surface area contributed by atoms with Crippen LogP contribution in [0.1, 0.15) is 37.8 Å². The van der Waals surface area contributed by atoms with Crippen molar-refractivity contribution in [2.75, 3.05) is 0 Å². The smallest absolute Gasteiger partial charge is 0.324 e. The van der Waals surface area contributed by atoms with E-state index in [1.807, 2.05) is 24.3 Å². The SMILES string of the molecule is CC(C)Cc1ccc(CCCC(P(=O)(O)O)P(=O)(O)O)cc1. The molecule has 0 bridgehead atoms. The maximum absolute atomic E-state index is 11.2. The number of hydrogen-bond donors (Lipinski definition) is 4. The van der Waals surface area contributed by atoms with Gasteiger partial charge in [0.25, 0.3) is 0 Å². The summed E-state index contributed by atoms with van der Waals surface area (Å²) in [5.41, 5.74) is 2.21. The van der Waals surface area contributed by atoms with Crippen LogP contribution in [-0.4, -0.2) is 25.0 Å². The molecule has 0 heterocycles. The standard InChI is InChI=1S/C14H24O6P2/c1-11(2)10-13-8-6-12(7-9-13)4-3-5-14(21(15,16)17)22(18,19)20/h6-9,11,14H,3-5,10H2,1-2H3,(H2,15,16,17)(H2,18,19,20). The van der Waals surface area contributed by atoms with E-state index >= 15 is 0 Å². The van der Waals surface area contributed by atoms with Gasteiger partial charge in [-0.15, -0.1) is 0 Å². The molecule has 0 saturated heterocycles. The highest BCUT2D eigenvalue weighted by Crippen LogP contribution is 2.61. The van der Waals surface area contributed by atoms with E-state index in [1.54, 1.807) is 0 Å². The topological polar surface area (TPSA) is 115 Å². The first-order valence-electron chi connectivity index (χ1n) is 7.18. The maximum Gasteiger partial charge on any atom is 0.340 e. The summed E-state index contributed by atoms with van der Waals surface area (Å²) in [6.07, 6.45) is 1.62. The fourth-order valence-electron chi connectivity index (χ4n) is 2.33. The summed E-state index contributed by atoms with van der Waals surface area (Å²) in [5.74, 6) is 0.568. The first-order valence-corrected chi connectivity index (χ1v) is 10.5. The molecule has 0 aliphatic rings. The Hall–Kier alpha value is -0.480. The summed E-state index contributed by atoms with van der Waals surface area (Å²) in [7, 11) is -9.61. The molecule has 0 amide bonds. The molecule has 126 valence electrons. The van der Waals surface area contributed by atoms with Gasteiger partial charge in [-0.3, -0.25) is 9.13 Å². The fourth-order valence-corrected chi connectivity index (χ4v) is 4.94. The predicted molar refractivity (Wildman–Crippen MR) is 85.8 cm³/mol. The van der Waals surface area contributed by atoms with Gasteiger partial charge >= 0.3 is 15.2 Å². The van der Waals surface area contributed by atoms with E-state index in [2.05, 4.69) is 13.8 Å². The Bertz CT molecular complexity index is 535. The second-order valence-electron chi connectivity index (χ2n) is 5.97. The monoisotopic (exact) mass is 350 g/mol. The minimum absolute atomic E-state index is 0.206. The van der Waals surface area contributed by atoms with Crippen molar-refractivity contribution in [2.24, 2.45) is 5.92 Å². The number of benzene rings is 1. The quantitative estimate of drug-likeness (QED) is 0.536. The second kappa shape index (κ2) is 7.87. The highest BCUT2D eigenvalue weighted by molar-refractivity contribution is 7.70. The zero-order chi connectivity index (χ0) is 17.0. The van der Waals surface area contributed by atoms with Crippen LogP contribution in [-0.2, 0) is 22.0 Å². The number of hydrogen-bond acceptors (Lipinski definition) is 2. The first-order chi connectivity index (χ1) is 10.00. The third kappa shape index (κ3) is 6.74. The van der Waals surface area contributed by atoms with Gasteiger partial charge in [0.1, 0.15) is 0 Å². The van der Waals surface area contributed by atoms with Crippen molar-refractivity contribution in [2.45, 2.75) is 44.9 Å². The molecule has 0 spiro atoms. The Morgan fingerprint density at radius 1 is 0.909 bits per heavy atom. The van der Waals surface area contributed by atoms with E-state index in [1.165, 1.54) is 5.56 Å². The summed E-state index contributed by atoms with van der Waals surface area (Å²) in [6.45, 7) is 4.27. The van der Waals surface area contributed by atoms with E-state index in [0.717, 1.165) is 12.0 Å². The van der Waals surface area contributed by atoms with Gasteiger partial charge in [-0.1, -0.05) is 38.1 Å². The van der Waals surface area contributed by atoms with Gasteiger partial charge in [0, 0.05) is 0 Å². The van der Waals surface area contributed by atoms with E-state index < -0.39 is 20.6 Å². The van der Waals surface area contributed by atoms with Crippen LogP contribution in [0.2, 0.25) is 0 Å². The molecular weight excluding hydrogens is 326 g/mol. The molecule has 0 aromatic heterocycles. The third-order valence-corrected chi connectivity index (χ3v) is 7.25. The van der Waals surface area contributed by atoms with E-state index in [9.17, 15) is 9.13 Å². The molecule has 4 N–H and O–H groups in total. The summed E-state index contributed by atoms with van der Waals surface area (Å²) in [5, 5.41) is -1.90. The maximum atomic E-state index is 11.2. The molecule has 0 unspecified atom stereocenters. The minimum atomic E-state index is -4.81. The van der Waals surface area contributed by atoms with Crippen molar-refractivity contribution < 1.29 is 28.7 Å². The molecule has 0 atom stereocenters. The van der Waals surface area contributed by atoms with Gasteiger partial charge in [0.15, 0.2) is 5.40 Å². The van der Waals surface area contributed by atoms with Gasteiger partial charge < -0.3 is 19.6 Å². The average Bonchev–Trinajstić information content (AvgIpc) is 2.32. The summed E-state index contributed by atoms with van der Waals surface area (Å²) < 4.78 is 22.3. The molecular formula is C14H24O6P2. The molecule has 6 nitrogen and oxygen atoms in total. The van der Waals surface area contributed by atoms with Gasteiger partial charge in [0.05, 0.1) is 0 Å². The van der Waals surface area contributed by atoms with Crippen LogP contribution >= 0.6 is 15.2 Å². The molecule has 1 aromatic rings. The van der Waals surface area contributed by atoms with Crippen molar-refractivity contribution in [1.29, 1.82) is 0 Å². The van der Waals surface area contributed by atoms with E-state index in [-0.39, 0.29) is 6.42 Å². The molecule has 1 rings (SSSR count). The summed E-state index contributed by atoms with van der Waals surface area (Å²) >= 11 is 0. The predicted octanol–water partition coefficient (Wildman–Crippen LogP) is 2.89. The highest BCUT2D eigenvalue weighted by atomic mass is 31.2. The van der Waals surface area contributed by atoms with Crippen LogP contribution in [0.5, 0.6) is 0 Å². The highest BCUT2D eigenvalue weighted by Gasteiger charge is 2.42. The minimum Gasteiger partial charge on any atom is -0.324 e. The third-order valence-electron chi connectivity index (χ3n) is 3.37. The van der Waals surface area contributed by atoms with Gasteiger partial charge in [-0.2, -0.15) is 0 Å². The molecule has 0 saturated carbocycles. The molecule has 1 aromatic carbocycles. The van der Waals surface area contributed by atoms with Crippen LogP contribution in [0, 0.1) is 5.92 Å². The van der Waals surface area contributed by atoms with Crippen LogP contribution < -0.4 is 0 Å². The summed E-state index contributed by atoms with van der Waals surface area (Å²) in [4.78, 5) is 36.2. The molecule has 22 heavy (non-hydrogen) atoms. The Kier molecular flexibility index (Phi) is 7.00. The molecule has 0 radical (unpaired) electrons. The van der Waals surface area contributed by atoms with Crippen LogP contribution in [0.3, 0.4) is 0 Å². The summed E-state index contributed by atoms with van der Waals surface area (Å²) in [6, 6.07) is 7.92.